The Hall–Kier alpha value is -3.39. The van der Waals surface area contributed by atoms with E-state index in [9.17, 15) is 9.59 Å². The van der Waals surface area contributed by atoms with Gasteiger partial charge in [0.1, 0.15) is 17.3 Å². The zero-order valence-electron chi connectivity index (χ0n) is 16.3. The molecule has 0 atom stereocenters. The molecule has 1 aromatic heterocycles. The Kier molecular flexibility index (Phi) is 6.68. The minimum absolute atomic E-state index is 0.169. The SMILES string of the molecule is Cc1cc(Br)cc(C)c1OCC(=O)NN=Cc1ccc(-c2cccc(C(=O)O)c2)o1. The molecule has 2 aromatic carbocycles. The summed E-state index contributed by atoms with van der Waals surface area (Å²) >= 11 is 3.42. The summed E-state index contributed by atoms with van der Waals surface area (Å²) in [6, 6.07) is 13.6. The number of carbonyl (C=O) groups is 2. The van der Waals surface area contributed by atoms with Crippen molar-refractivity contribution in [3.63, 3.8) is 0 Å². The first kappa shape index (κ1) is 21.3. The molecule has 2 N–H and O–H groups in total. The Balaban J connectivity index is 1.57. The highest BCUT2D eigenvalue weighted by atomic mass is 79.9. The van der Waals surface area contributed by atoms with Gasteiger partial charge in [-0.2, -0.15) is 5.10 Å². The van der Waals surface area contributed by atoms with Crippen LogP contribution in [0.2, 0.25) is 0 Å². The number of nitrogens with zero attached hydrogens (tertiary/aromatic N) is 1. The first-order chi connectivity index (χ1) is 14.3. The minimum Gasteiger partial charge on any atom is -0.483 e. The Morgan fingerprint density at radius 1 is 1.17 bits per heavy atom. The molecule has 0 radical (unpaired) electrons. The second-order valence-corrected chi connectivity index (χ2v) is 7.45. The topological polar surface area (TPSA) is 101 Å². The van der Waals surface area contributed by atoms with Gasteiger partial charge in [0.15, 0.2) is 6.61 Å². The molecule has 0 unspecified atom stereocenters. The van der Waals surface area contributed by atoms with E-state index in [0.717, 1.165) is 15.6 Å². The van der Waals surface area contributed by atoms with Crippen molar-refractivity contribution in [1.29, 1.82) is 0 Å². The van der Waals surface area contributed by atoms with Crippen LogP contribution in [0.25, 0.3) is 11.3 Å². The number of hydrazone groups is 1. The van der Waals surface area contributed by atoms with Gasteiger partial charge in [-0.15, -0.1) is 0 Å². The van der Waals surface area contributed by atoms with Gasteiger partial charge in [0, 0.05) is 10.0 Å². The van der Waals surface area contributed by atoms with E-state index < -0.39 is 11.9 Å². The molecule has 30 heavy (non-hydrogen) atoms. The average Bonchev–Trinajstić information content (AvgIpc) is 3.16. The number of carboxylic acid groups (broad SMARTS) is 1. The van der Waals surface area contributed by atoms with Gasteiger partial charge in [-0.25, -0.2) is 10.2 Å². The number of aryl methyl sites for hydroxylation is 2. The number of rotatable bonds is 7. The van der Waals surface area contributed by atoms with E-state index in [-0.39, 0.29) is 12.2 Å². The minimum atomic E-state index is -1.01. The third-order valence-corrected chi connectivity index (χ3v) is 4.63. The molecule has 0 aliphatic carbocycles. The zero-order chi connectivity index (χ0) is 21.7. The predicted molar refractivity (Wildman–Crippen MR) is 116 cm³/mol. The van der Waals surface area contributed by atoms with Gasteiger partial charge in [0.05, 0.1) is 11.8 Å². The molecular formula is C22H19BrN2O5. The van der Waals surface area contributed by atoms with Crippen LogP contribution in [0, 0.1) is 13.8 Å². The molecule has 0 bridgehead atoms. The van der Waals surface area contributed by atoms with E-state index in [0.29, 0.717) is 22.8 Å². The summed E-state index contributed by atoms with van der Waals surface area (Å²) in [7, 11) is 0. The summed E-state index contributed by atoms with van der Waals surface area (Å²) in [5.74, 6) is 0.149. The molecule has 0 aliphatic rings. The van der Waals surface area contributed by atoms with E-state index in [2.05, 4.69) is 26.5 Å². The predicted octanol–water partition coefficient (Wildman–Crippen LogP) is 4.55. The summed E-state index contributed by atoms with van der Waals surface area (Å²) in [6.07, 6.45) is 1.36. The lowest BCUT2D eigenvalue weighted by Crippen LogP contribution is -2.25. The highest BCUT2D eigenvalue weighted by Gasteiger charge is 2.09. The summed E-state index contributed by atoms with van der Waals surface area (Å²) < 4.78 is 12.2. The second kappa shape index (κ2) is 9.41. The Bertz CT molecular complexity index is 1100. The van der Waals surface area contributed by atoms with Crippen LogP contribution in [-0.2, 0) is 4.79 Å². The Labute approximate surface area is 181 Å². The van der Waals surface area contributed by atoms with E-state index >= 15 is 0 Å². The van der Waals surface area contributed by atoms with Crippen molar-refractivity contribution in [2.45, 2.75) is 13.8 Å². The summed E-state index contributed by atoms with van der Waals surface area (Å²) in [5, 5.41) is 12.9. The normalized spacial score (nSPS) is 10.9. The summed E-state index contributed by atoms with van der Waals surface area (Å²) in [4.78, 5) is 23.1. The van der Waals surface area contributed by atoms with Gasteiger partial charge >= 0.3 is 5.97 Å². The van der Waals surface area contributed by atoms with Crippen LogP contribution in [0.1, 0.15) is 27.2 Å². The molecule has 8 heteroatoms. The molecule has 1 heterocycles. The maximum Gasteiger partial charge on any atom is 0.335 e. The molecule has 3 rings (SSSR count). The maximum atomic E-state index is 12.0. The number of nitrogens with one attached hydrogen (secondary N) is 1. The molecule has 0 aliphatic heterocycles. The molecule has 3 aromatic rings. The number of aromatic carboxylic acids is 1. The summed E-state index contributed by atoms with van der Waals surface area (Å²) in [6.45, 7) is 3.64. The van der Waals surface area contributed by atoms with Gasteiger partial charge < -0.3 is 14.3 Å². The molecule has 0 spiro atoms. The van der Waals surface area contributed by atoms with Crippen molar-refractivity contribution < 1.29 is 23.8 Å². The number of carboxylic acids is 1. The van der Waals surface area contributed by atoms with Crippen LogP contribution >= 0.6 is 15.9 Å². The molecule has 1 amide bonds. The van der Waals surface area contributed by atoms with Crippen molar-refractivity contribution >= 4 is 34.0 Å². The molecule has 0 fully saturated rings. The van der Waals surface area contributed by atoms with Gasteiger partial charge in [0.25, 0.3) is 5.91 Å². The number of furan rings is 1. The lowest BCUT2D eigenvalue weighted by Gasteiger charge is -2.11. The fourth-order valence-corrected chi connectivity index (χ4v) is 3.53. The smallest absolute Gasteiger partial charge is 0.335 e. The average molecular weight is 471 g/mol. The van der Waals surface area contributed by atoms with Gasteiger partial charge in [-0.05, 0) is 61.4 Å². The largest absolute Gasteiger partial charge is 0.483 e. The third-order valence-electron chi connectivity index (χ3n) is 4.17. The molecule has 7 nitrogen and oxygen atoms in total. The lowest BCUT2D eigenvalue weighted by molar-refractivity contribution is -0.123. The van der Waals surface area contributed by atoms with E-state index in [4.69, 9.17) is 14.3 Å². The Morgan fingerprint density at radius 2 is 1.90 bits per heavy atom. The van der Waals surface area contributed by atoms with E-state index in [1.807, 2.05) is 26.0 Å². The molecular weight excluding hydrogens is 452 g/mol. The first-order valence-corrected chi connectivity index (χ1v) is 9.78. The van der Waals surface area contributed by atoms with Crippen molar-refractivity contribution in [3.8, 4) is 17.1 Å². The quantitative estimate of drug-likeness (QED) is 0.389. The van der Waals surface area contributed by atoms with E-state index in [1.165, 1.54) is 18.3 Å². The van der Waals surface area contributed by atoms with Gasteiger partial charge in [0.2, 0.25) is 0 Å². The fraction of sp³-hybridized carbons (Fsp3) is 0.136. The number of benzene rings is 2. The van der Waals surface area contributed by atoms with Crippen LogP contribution in [0.4, 0.5) is 0 Å². The lowest BCUT2D eigenvalue weighted by atomic mass is 10.1. The van der Waals surface area contributed by atoms with Crippen molar-refractivity contribution in [2.75, 3.05) is 6.61 Å². The zero-order valence-corrected chi connectivity index (χ0v) is 17.9. The highest BCUT2D eigenvalue weighted by Crippen LogP contribution is 2.27. The fourth-order valence-electron chi connectivity index (χ4n) is 2.85. The monoisotopic (exact) mass is 470 g/mol. The maximum absolute atomic E-state index is 12.0. The highest BCUT2D eigenvalue weighted by molar-refractivity contribution is 9.10. The van der Waals surface area contributed by atoms with Crippen LogP contribution in [0.5, 0.6) is 5.75 Å². The number of hydrogen-bond acceptors (Lipinski definition) is 5. The number of hydrogen-bond donors (Lipinski definition) is 2. The summed E-state index contributed by atoms with van der Waals surface area (Å²) in [5.41, 5.74) is 5.03. The third kappa shape index (κ3) is 5.36. The van der Waals surface area contributed by atoms with Crippen LogP contribution in [0.15, 0.2) is 62.5 Å². The van der Waals surface area contributed by atoms with Crippen molar-refractivity contribution in [1.82, 2.24) is 5.43 Å². The molecule has 0 saturated carbocycles. The van der Waals surface area contributed by atoms with Crippen molar-refractivity contribution in [3.05, 3.63) is 75.5 Å². The van der Waals surface area contributed by atoms with Crippen molar-refractivity contribution in [2.24, 2.45) is 5.10 Å². The Morgan fingerprint density at radius 3 is 2.60 bits per heavy atom. The second-order valence-electron chi connectivity index (χ2n) is 6.54. The molecule has 154 valence electrons. The standard InChI is InChI=1S/C22H19BrN2O5/c1-13-8-17(23)9-14(2)21(13)29-12-20(26)25-24-11-18-6-7-19(30-18)15-4-3-5-16(10-15)22(27)28/h3-11H,12H2,1-2H3,(H,25,26)(H,27,28). The number of carbonyl (C=O) groups excluding carboxylic acids is 1. The molecule has 0 saturated heterocycles. The number of amides is 1. The van der Waals surface area contributed by atoms with E-state index in [1.54, 1.807) is 24.3 Å². The first-order valence-electron chi connectivity index (χ1n) is 8.98. The van der Waals surface area contributed by atoms with Crippen LogP contribution in [0.3, 0.4) is 0 Å². The van der Waals surface area contributed by atoms with Gasteiger partial charge in [-0.1, -0.05) is 28.1 Å². The van der Waals surface area contributed by atoms with Gasteiger partial charge in [-0.3, -0.25) is 4.79 Å². The van der Waals surface area contributed by atoms with Crippen LogP contribution in [-0.4, -0.2) is 29.8 Å². The van der Waals surface area contributed by atoms with Crippen LogP contribution < -0.4 is 10.2 Å². The number of halogens is 1. The number of ether oxygens (including phenoxy) is 1.